The number of aryl methyl sites for hydroxylation is 1. The molecule has 0 bridgehead atoms. The fourth-order valence-corrected chi connectivity index (χ4v) is 2.78. The average molecular weight is 363 g/mol. The number of aromatic nitrogens is 1. The fraction of sp³-hybridized carbons (Fsp3) is 0.143. The number of aromatic amines is 1. The normalized spacial score (nSPS) is 10.6. The number of carbonyl (C=O) groups is 1. The fourth-order valence-electron chi connectivity index (χ4n) is 2.78. The van der Waals surface area contributed by atoms with Gasteiger partial charge in [-0.25, -0.2) is 0 Å². The first-order valence-corrected chi connectivity index (χ1v) is 8.66. The Labute approximate surface area is 156 Å². The van der Waals surface area contributed by atoms with Gasteiger partial charge in [0.1, 0.15) is 0 Å². The van der Waals surface area contributed by atoms with E-state index in [2.05, 4.69) is 10.3 Å². The number of anilines is 1. The lowest BCUT2D eigenvalue weighted by molar-refractivity contribution is 0.100. The second-order valence-corrected chi connectivity index (χ2v) is 6.21. The largest absolute Gasteiger partial charge is 0.503 e. The van der Waals surface area contributed by atoms with Crippen LogP contribution in [0.1, 0.15) is 28.7 Å². The highest BCUT2D eigenvalue weighted by Gasteiger charge is 2.08. The van der Waals surface area contributed by atoms with E-state index in [9.17, 15) is 14.7 Å². The number of nitrogens with two attached hydrogens (primary N) is 1. The first-order chi connectivity index (χ1) is 13.0. The molecule has 0 aliphatic carbocycles. The zero-order valence-corrected chi connectivity index (χ0v) is 15.0. The van der Waals surface area contributed by atoms with E-state index in [-0.39, 0.29) is 11.2 Å². The highest BCUT2D eigenvalue weighted by Crippen LogP contribution is 2.22. The third-order valence-corrected chi connectivity index (χ3v) is 4.37. The second kappa shape index (κ2) is 7.78. The number of hydrogen-bond donors (Lipinski definition) is 4. The number of rotatable bonds is 6. The van der Waals surface area contributed by atoms with E-state index >= 15 is 0 Å². The van der Waals surface area contributed by atoms with Gasteiger partial charge in [0.15, 0.2) is 5.75 Å². The maximum atomic E-state index is 11.8. The van der Waals surface area contributed by atoms with Crippen LogP contribution in [-0.4, -0.2) is 16.0 Å². The molecule has 1 amide bonds. The minimum atomic E-state index is -0.450. The topological polar surface area (TPSA) is 108 Å². The van der Waals surface area contributed by atoms with Crippen LogP contribution in [0.4, 0.5) is 5.69 Å². The van der Waals surface area contributed by atoms with Crippen LogP contribution in [0.25, 0.3) is 11.1 Å². The summed E-state index contributed by atoms with van der Waals surface area (Å²) in [5, 5.41) is 13.1. The maximum absolute atomic E-state index is 11.8. The molecule has 6 heteroatoms. The van der Waals surface area contributed by atoms with Crippen molar-refractivity contribution in [2.75, 3.05) is 5.32 Å². The molecule has 138 valence electrons. The van der Waals surface area contributed by atoms with Crippen molar-refractivity contribution in [3.8, 4) is 16.9 Å². The molecule has 1 aromatic heterocycles. The number of amides is 1. The molecule has 0 saturated carbocycles. The number of pyridine rings is 1. The average Bonchev–Trinajstić information content (AvgIpc) is 2.69. The molecular weight excluding hydrogens is 342 g/mol. The molecule has 0 unspecified atom stereocenters. The van der Waals surface area contributed by atoms with Gasteiger partial charge in [0.05, 0.1) is 12.2 Å². The van der Waals surface area contributed by atoms with E-state index in [1.807, 2.05) is 43.3 Å². The minimum absolute atomic E-state index is 0.258. The molecular formula is C21H21N3O3. The van der Waals surface area contributed by atoms with E-state index in [1.165, 1.54) is 6.07 Å². The molecule has 3 rings (SSSR count). The van der Waals surface area contributed by atoms with Crippen LogP contribution in [0.3, 0.4) is 0 Å². The van der Waals surface area contributed by atoms with Crippen LogP contribution in [0.2, 0.25) is 0 Å². The van der Waals surface area contributed by atoms with Crippen LogP contribution >= 0.6 is 0 Å². The summed E-state index contributed by atoms with van der Waals surface area (Å²) in [6, 6.07) is 16.2. The Kier molecular flexibility index (Phi) is 5.26. The quantitative estimate of drug-likeness (QED) is 0.540. The van der Waals surface area contributed by atoms with Gasteiger partial charge in [-0.2, -0.15) is 0 Å². The Hall–Kier alpha value is -3.54. The lowest BCUT2D eigenvalue weighted by Gasteiger charge is -2.10. The van der Waals surface area contributed by atoms with Gasteiger partial charge in [-0.1, -0.05) is 31.2 Å². The first-order valence-electron chi connectivity index (χ1n) is 8.66. The van der Waals surface area contributed by atoms with Gasteiger partial charge >= 0.3 is 0 Å². The van der Waals surface area contributed by atoms with Gasteiger partial charge in [0.2, 0.25) is 11.3 Å². The first kappa shape index (κ1) is 18.3. The van der Waals surface area contributed by atoms with Crippen molar-refractivity contribution < 1.29 is 9.90 Å². The Bertz CT molecular complexity index is 1010. The van der Waals surface area contributed by atoms with E-state index < -0.39 is 5.91 Å². The smallest absolute Gasteiger partial charge is 0.248 e. The molecule has 0 saturated heterocycles. The van der Waals surface area contributed by atoms with Crippen molar-refractivity contribution >= 4 is 11.6 Å². The van der Waals surface area contributed by atoms with Gasteiger partial charge in [-0.05, 0) is 41.8 Å². The SMILES string of the molecule is CCc1cc(=O)c(O)c(CNc2ccc(-c3ccc(C(N)=O)cc3)cc2)[nH]1. The lowest BCUT2D eigenvalue weighted by Crippen LogP contribution is -2.11. The summed E-state index contributed by atoms with van der Waals surface area (Å²) < 4.78 is 0. The standard InChI is InChI=1S/C21H21N3O3/c1-2-16-11-19(25)20(26)18(24-16)12-23-17-9-7-14(8-10-17)13-3-5-15(6-4-13)21(22)27/h3-11,23,26H,2,12H2,1H3,(H2,22,27)(H,24,25). The van der Waals surface area contributed by atoms with Crippen LogP contribution in [-0.2, 0) is 13.0 Å². The van der Waals surface area contributed by atoms with Gasteiger partial charge in [0, 0.05) is 23.0 Å². The van der Waals surface area contributed by atoms with Gasteiger partial charge in [-0.15, -0.1) is 0 Å². The van der Waals surface area contributed by atoms with Gasteiger partial charge in [-0.3, -0.25) is 9.59 Å². The molecule has 6 nitrogen and oxygen atoms in total. The number of benzene rings is 2. The summed E-state index contributed by atoms with van der Waals surface area (Å²) in [6.07, 6.45) is 0.686. The van der Waals surface area contributed by atoms with Crippen LogP contribution in [0, 0.1) is 0 Å². The van der Waals surface area contributed by atoms with Crippen molar-refractivity contribution in [2.24, 2.45) is 5.73 Å². The molecule has 5 N–H and O–H groups in total. The number of nitrogens with one attached hydrogen (secondary N) is 2. The Morgan fingerprint density at radius 3 is 2.22 bits per heavy atom. The number of H-pyrrole nitrogens is 1. The molecule has 0 aliphatic heterocycles. The van der Waals surface area contributed by atoms with Crippen molar-refractivity contribution in [1.29, 1.82) is 0 Å². The monoisotopic (exact) mass is 363 g/mol. The van der Waals surface area contributed by atoms with Crippen molar-refractivity contribution in [1.82, 2.24) is 4.98 Å². The summed E-state index contributed by atoms with van der Waals surface area (Å²) in [6.45, 7) is 2.25. The highest BCUT2D eigenvalue weighted by molar-refractivity contribution is 5.93. The summed E-state index contributed by atoms with van der Waals surface area (Å²) >= 11 is 0. The molecule has 0 spiro atoms. The summed E-state index contributed by atoms with van der Waals surface area (Å²) in [5.41, 5.74) is 9.43. The van der Waals surface area contributed by atoms with Crippen LogP contribution in [0.15, 0.2) is 59.4 Å². The predicted octanol–water partition coefficient (Wildman–Crippen LogP) is 3.02. The van der Waals surface area contributed by atoms with Crippen molar-refractivity contribution in [2.45, 2.75) is 19.9 Å². The number of aromatic hydroxyl groups is 1. The predicted molar refractivity (Wildman–Crippen MR) is 106 cm³/mol. The summed E-state index contributed by atoms with van der Waals surface area (Å²) in [7, 11) is 0. The van der Waals surface area contributed by atoms with E-state index in [0.717, 1.165) is 22.5 Å². The molecule has 0 radical (unpaired) electrons. The lowest BCUT2D eigenvalue weighted by atomic mass is 10.0. The Morgan fingerprint density at radius 1 is 1.07 bits per heavy atom. The van der Waals surface area contributed by atoms with Crippen LogP contribution in [0.5, 0.6) is 5.75 Å². The van der Waals surface area contributed by atoms with Crippen LogP contribution < -0.4 is 16.5 Å². The molecule has 0 atom stereocenters. The molecule has 0 aliphatic rings. The third-order valence-electron chi connectivity index (χ3n) is 4.37. The Balaban J connectivity index is 1.72. The molecule has 0 fully saturated rings. The molecule has 27 heavy (non-hydrogen) atoms. The zero-order chi connectivity index (χ0) is 19.4. The van der Waals surface area contributed by atoms with E-state index in [0.29, 0.717) is 24.2 Å². The summed E-state index contributed by atoms with van der Waals surface area (Å²) in [5.74, 6) is -0.708. The second-order valence-electron chi connectivity index (χ2n) is 6.21. The molecule has 3 aromatic rings. The third kappa shape index (κ3) is 4.17. The van der Waals surface area contributed by atoms with Gasteiger partial charge in [0.25, 0.3) is 0 Å². The van der Waals surface area contributed by atoms with E-state index in [4.69, 9.17) is 5.73 Å². The maximum Gasteiger partial charge on any atom is 0.248 e. The molecule has 1 heterocycles. The van der Waals surface area contributed by atoms with Gasteiger partial charge < -0.3 is 21.1 Å². The summed E-state index contributed by atoms with van der Waals surface area (Å²) in [4.78, 5) is 26.0. The van der Waals surface area contributed by atoms with Crippen molar-refractivity contribution in [3.05, 3.63) is 81.8 Å². The number of primary amides is 1. The zero-order valence-electron chi connectivity index (χ0n) is 15.0. The van der Waals surface area contributed by atoms with Crippen molar-refractivity contribution in [3.63, 3.8) is 0 Å². The Morgan fingerprint density at radius 2 is 1.67 bits per heavy atom. The van der Waals surface area contributed by atoms with E-state index in [1.54, 1.807) is 12.1 Å². The number of carbonyl (C=O) groups excluding carboxylic acids is 1. The minimum Gasteiger partial charge on any atom is -0.503 e. The number of hydrogen-bond acceptors (Lipinski definition) is 4. The highest BCUT2D eigenvalue weighted by atomic mass is 16.3. The molecule has 2 aromatic carbocycles.